The van der Waals surface area contributed by atoms with Gasteiger partial charge in [0.2, 0.25) is 0 Å². The number of rotatable bonds is 0. The van der Waals surface area contributed by atoms with Gasteiger partial charge in [0, 0.05) is 0 Å². The van der Waals surface area contributed by atoms with E-state index in [2.05, 4.69) is 0 Å². The van der Waals surface area contributed by atoms with E-state index in [0.29, 0.717) is 0 Å². The van der Waals surface area contributed by atoms with E-state index < -0.39 is 0 Å². The highest BCUT2D eigenvalue weighted by atomic mass is 32.2. The SMILES string of the molecule is N=S1C=CCC=C1. The van der Waals surface area contributed by atoms with Crippen LogP contribution >= 0.6 is 0 Å². The Balaban J connectivity index is 2.66. The van der Waals surface area contributed by atoms with Crippen LogP contribution in [0.3, 0.4) is 0 Å². The number of hydrogen-bond acceptors (Lipinski definition) is 1. The Hall–Kier alpha value is -0.370. The molecule has 7 heavy (non-hydrogen) atoms. The van der Waals surface area contributed by atoms with Crippen LogP contribution in [0.5, 0.6) is 0 Å². The lowest BCUT2D eigenvalue weighted by atomic mass is 10.4. The normalized spacial score (nSPS) is 20.6. The van der Waals surface area contributed by atoms with Crippen LogP contribution < -0.4 is 0 Å². The topological polar surface area (TPSA) is 23.9 Å². The van der Waals surface area contributed by atoms with Crippen LogP contribution in [0, 0.1) is 4.78 Å². The maximum Gasteiger partial charge on any atom is -0.0152 e. The second kappa shape index (κ2) is 2.07. The van der Waals surface area contributed by atoms with Crippen LogP contribution in [0.4, 0.5) is 0 Å². The molecule has 0 bridgehead atoms. The predicted molar refractivity (Wildman–Crippen MR) is 33.0 cm³/mol. The number of hydrogen-bond donors (Lipinski definition) is 1. The first kappa shape index (κ1) is 4.78. The average Bonchev–Trinajstić information content (AvgIpc) is 1.69. The summed E-state index contributed by atoms with van der Waals surface area (Å²) in [5.41, 5.74) is 0. The molecule has 0 atom stereocenters. The maximum absolute atomic E-state index is 7.13. The second-order valence-electron chi connectivity index (χ2n) is 1.35. The molecule has 0 aromatic carbocycles. The Bertz CT molecular complexity index is 121. The molecule has 1 rings (SSSR count). The molecule has 0 aliphatic carbocycles. The lowest BCUT2D eigenvalue weighted by Crippen LogP contribution is -1.76. The minimum atomic E-state index is -0.301. The van der Waals surface area contributed by atoms with Gasteiger partial charge in [-0.25, -0.2) is 0 Å². The van der Waals surface area contributed by atoms with Crippen molar-refractivity contribution in [3.63, 3.8) is 0 Å². The Kier molecular flexibility index (Phi) is 1.42. The molecule has 0 amide bonds. The monoisotopic (exact) mass is 113 g/mol. The summed E-state index contributed by atoms with van der Waals surface area (Å²) >= 11 is 0. The van der Waals surface area contributed by atoms with Crippen molar-refractivity contribution in [2.24, 2.45) is 0 Å². The molecular weight excluding hydrogens is 106 g/mol. The van der Waals surface area contributed by atoms with Crippen molar-refractivity contribution in [1.82, 2.24) is 0 Å². The molecular formula is C5H7NS. The zero-order valence-electron chi connectivity index (χ0n) is 3.92. The molecule has 0 aromatic rings. The van der Waals surface area contributed by atoms with Crippen LogP contribution in [0.1, 0.15) is 6.42 Å². The zero-order valence-corrected chi connectivity index (χ0v) is 4.74. The Labute approximate surface area is 45.6 Å². The molecule has 1 aliphatic heterocycles. The van der Waals surface area contributed by atoms with E-state index >= 15 is 0 Å². The third-order valence-corrected chi connectivity index (χ3v) is 1.73. The van der Waals surface area contributed by atoms with E-state index in [-0.39, 0.29) is 10.7 Å². The molecule has 0 aromatic heterocycles. The highest BCUT2D eigenvalue weighted by Gasteiger charge is 1.83. The van der Waals surface area contributed by atoms with Gasteiger partial charge in [-0.2, -0.15) is 0 Å². The van der Waals surface area contributed by atoms with Gasteiger partial charge in [0.15, 0.2) is 0 Å². The predicted octanol–water partition coefficient (Wildman–Crippen LogP) is 1.80. The Morgan fingerprint density at radius 1 is 1.29 bits per heavy atom. The summed E-state index contributed by atoms with van der Waals surface area (Å²) in [5.74, 6) is 0. The zero-order chi connectivity index (χ0) is 5.11. The second-order valence-corrected chi connectivity index (χ2v) is 2.64. The van der Waals surface area contributed by atoms with E-state index in [4.69, 9.17) is 4.78 Å². The van der Waals surface area contributed by atoms with Gasteiger partial charge in [0.1, 0.15) is 0 Å². The van der Waals surface area contributed by atoms with E-state index in [1.54, 1.807) is 0 Å². The molecule has 1 N–H and O–H groups in total. The number of allylic oxidation sites excluding steroid dienone is 2. The lowest BCUT2D eigenvalue weighted by molar-refractivity contribution is 1.40. The van der Waals surface area contributed by atoms with Gasteiger partial charge in [-0.05, 0) is 17.2 Å². The first-order valence-corrected chi connectivity index (χ1v) is 3.51. The molecule has 0 radical (unpaired) electrons. The molecule has 0 spiro atoms. The molecule has 38 valence electrons. The highest BCUT2D eigenvalue weighted by molar-refractivity contribution is 7.91. The van der Waals surface area contributed by atoms with Gasteiger partial charge in [0.25, 0.3) is 0 Å². The van der Waals surface area contributed by atoms with Gasteiger partial charge < -0.3 is 0 Å². The molecule has 0 fully saturated rings. The third kappa shape index (κ3) is 1.27. The van der Waals surface area contributed by atoms with Crippen LogP contribution in [-0.2, 0) is 10.7 Å². The van der Waals surface area contributed by atoms with E-state index in [9.17, 15) is 0 Å². The minimum Gasteiger partial charge on any atom is -0.272 e. The summed E-state index contributed by atoms with van der Waals surface area (Å²) in [6, 6.07) is 0. The van der Waals surface area contributed by atoms with Crippen LogP contribution in [0.15, 0.2) is 23.0 Å². The van der Waals surface area contributed by atoms with E-state index in [1.807, 2.05) is 23.0 Å². The molecule has 1 heterocycles. The van der Waals surface area contributed by atoms with Crippen molar-refractivity contribution in [3.8, 4) is 0 Å². The van der Waals surface area contributed by atoms with Crippen LogP contribution in [-0.4, -0.2) is 0 Å². The fourth-order valence-electron chi connectivity index (χ4n) is 0.442. The summed E-state index contributed by atoms with van der Waals surface area (Å²) < 4.78 is 7.13. The molecule has 0 saturated carbocycles. The third-order valence-electron chi connectivity index (χ3n) is 0.758. The smallest absolute Gasteiger partial charge is 0.0152 e. The quantitative estimate of drug-likeness (QED) is 0.495. The summed E-state index contributed by atoms with van der Waals surface area (Å²) in [6.07, 6.45) is 5.06. The van der Waals surface area contributed by atoms with Gasteiger partial charge in [-0.3, -0.25) is 4.78 Å². The van der Waals surface area contributed by atoms with Crippen molar-refractivity contribution < 1.29 is 0 Å². The first-order valence-electron chi connectivity index (χ1n) is 2.16. The Morgan fingerprint density at radius 3 is 2.14 bits per heavy atom. The van der Waals surface area contributed by atoms with Crippen LogP contribution in [0.25, 0.3) is 0 Å². The highest BCUT2D eigenvalue weighted by Crippen LogP contribution is 1.99. The maximum atomic E-state index is 7.13. The molecule has 1 aliphatic rings. The summed E-state index contributed by atoms with van der Waals surface area (Å²) in [6.45, 7) is 0. The van der Waals surface area contributed by atoms with E-state index in [0.717, 1.165) is 6.42 Å². The van der Waals surface area contributed by atoms with Crippen molar-refractivity contribution in [3.05, 3.63) is 23.0 Å². The molecule has 2 heteroatoms. The first-order chi connectivity index (χ1) is 3.39. The summed E-state index contributed by atoms with van der Waals surface area (Å²) in [7, 11) is -0.301. The van der Waals surface area contributed by atoms with Crippen LogP contribution in [0.2, 0.25) is 0 Å². The summed E-state index contributed by atoms with van der Waals surface area (Å²) in [4.78, 5) is 0. The average molecular weight is 113 g/mol. The van der Waals surface area contributed by atoms with Crippen molar-refractivity contribution >= 4 is 10.7 Å². The van der Waals surface area contributed by atoms with Gasteiger partial charge in [-0.15, -0.1) is 0 Å². The molecule has 0 saturated heterocycles. The molecule has 0 unspecified atom stereocenters. The van der Waals surface area contributed by atoms with Crippen molar-refractivity contribution in [2.75, 3.05) is 0 Å². The minimum absolute atomic E-state index is 0.301. The van der Waals surface area contributed by atoms with Gasteiger partial charge in [-0.1, -0.05) is 22.8 Å². The van der Waals surface area contributed by atoms with Gasteiger partial charge in [0.05, 0.1) is 0 Å². The lowest BCUT2D eigenvalue weighted by Gasteiger charge is -1.92. The number of nitrogens with one attached hydrogen (secondary N) is 1. The molecule has 1 nitrogen and oxygen atoms in total. The summed E-state index contributed by atoms with van der Waals surface area (Å²) in [5, 5.41) is 3.83. The standard InChI is InChI=1S/C5H7NS/c6-7-4-2-1-3-5-7/h2-6H,1H2. The van der Waals surface area contributed by atoms with Crippen molar-refractivity contribution in [2.45, 2.75) is 6.42 Å². The largest absolute Gasteiger partial charge is 0.272 e. The van der Waals surface area contributed by atoms with Gasteiger partial charge >= 0.3 is 0 Å². The fourth-order valence-corrected chi connectivity index (χ4v) is 1.17. The van der Waals surface area contributed by atoms with E-state index in [1.165, 1.54) is 0 Å². The Morgan fingerprint density at radius 2 is 1.86 bits per heavy atom. The van der Waals surface area contributed by atoms with Crippen molar-refractivity contribution in [1.29, 1.82) is 4.78 Å². The fraction of sp³-hybridized carbons (Fsp3) is 0.200.